The van der Waals surface area contributed by atoms with Crippen LogP contribution in [0.1, 0.15) is 30.6 Å². The summed E-state index contributed by atoms with van der Waals surface area (Å²) in [5.41, 5.74) is -1.83. The largest absolute Gasteiger partial charge is 0.481 e. The molecule has 1 aromatic rings. The molecule has 0 bridgehead atoms. The van der Waals surface area contributed by atoms with Crippen LogP contribution in [0, 0.1) is 10.1 Å². The first-order valence-corrected chi connectivity index (χ1v) is 5.84. The average Bonchev–Trinajstić information content (AvgIpc) is 2.25. The summed E-state index contributed by atoms with van der Waals surface area (Å²) >= 11 is 5.61. The number of carbonyl (C=O) groups is 2. The lowest BCUT2D eigenvalue weighted by atomic mass is 10.00. The second-order valence-electron chi connectivity index (χ2n) is 4.69. The van der Waals surface area contributed by atoms with Crippen molar-refractivity contribution in [1.82, 2.24) is 10.3 Å². The molecule has 2 N–H and O–H groups in total. The highest BCUT2D eigenvalue weighted by atomic mass is 35.5. The lowest BCUT2D eigenvalue weighted by Gasteiger charge is -2.24. The van der Waals surface area contributed by atoms with Gasteiger partial charge in [-0.25, -0.2) is 4.98 Å². The third-order valence-electron chi connectivity index (χ3n) is 2.34. The van der Waals surface area contributed by atoms with E-state index in [1.165, 1.54) is 13.8 Å². The molecule has 0 fully saturated rings. The number of hydrogen-bond acceptors (Lipinski definition) is 5. The number of carboxylic acids is 1. The Morgan fingerprint density at radius 3 is 2.65 bits per heavy atom. The Kier molecular flexibility index (Phi) is 4.61. The van der Waals surface area contributed by atoms with Gasteiger partial charge in [-0.3, -0.25) is 19.7 Å². The maximum atomic E-state index is 12.0. The molecule has 0 saturated carbocycles. The fourth-order valence-corrected chi connectivity index (χ4v) is 1.70. The number of aromatic nitrogens is 1. The molecule has 0 aliphatic heterocycles. The lowest BCUT2D eigenvalue weighted by Crippen LogP contribution is -2.45. The van der Waals surface area contributed by atoms with Gasteiger partial charge in [0.2, 0.25) is 0 Å². The second-order valence-corrected chi connectivity index (χ2v) is 5.08. The second kappa shape index (κ2) is 5.83. The van der Waals surface area contributed by atoms with Gasteiger partial charge in [0, 0.05) is 5.54 Å². The quantitative estimate of drug-likeness (QED) is 0.484. The molecule has 1 heterocycles. The SMILES string of the molecule is CC(C)(CC(=O)O)NC(=O)c1cc(Cl)ncc1[N+](=O)[O-]. The van der Waals surface area contributed by atoms with E-state index in [4.69, 9.17) is 16.7 Å². The monoisotopic (exact) mass is 301 g/mol. The summed E-state index contributed by atoms with van der Waals surface area (Å²) in [5.74, 6) is -1.88. The van der Waals surface area contributed by atoms with Gasteiger partial charge in [0.1, 0.15) is 16.9 Å². The van der Waals surface area contributed by atoms with Crippen LogP contribution in [0.5, 0.6) is 0 Å². The smallest absolute Gasteiger partial charge is 0.305 e. The van der Waals surface area contributed by atoms with Crippen LogP contribution < -0.4 is 5.32 Å². The van der Waals surface area contributed by atoms with Gasteiger partial charge in [0.05, 0.1) is 11.3 Å². The van der Waals surface area contributed by atoms with E-state index in [9.17, 15) is 19.7 Å². The Labute approximate surface area is 118 Å². The van der Waals surface area contributed by atoms with E-state index in [1.54, 1.807) is 0 Å². The Balaban J connectivity index is 3.06. The van der Waals surface area contributed by atoms with E-state index >= 15 is 0 Å². The minimum Gasteiger partial charge on any atom is -0.481 e. The maximum absolute atomic E-state index is 12.0. The molecular formula is C11H12ClN3O5. The predicted molar refractivity (Wildman–Crippen MR) is 69.7 cm³/mol. The summed E-state index contributed by atoms with van der Waals surface area (Å²) < 4.78 is 0. The summed E-state index contributed by atoms with van der Waals surface area (Å²) in [7, 11) is 0. The van der Waals surface area contributed by atoms with Crippen molar-refractivity contribution in [2.24, 2.45) is 0 Å². The number of halogens is 1. The van der Waals surface area contributed by atoms with Crippen LogP contribution in [0.25, 0.3) is 0 Å². The number of pyridine rings is 1. The summed E-state index contributed by atoms with van der Waals surface area (Å²) in [4.78, 5) is 36.3. The zero-order valence-electron chi connectivity index (χ0n) is 10.7. The van der Waals surface area contributed by atoms with Crippen molar-refractivity contribution in [2.45, 2.75) is 25.8 Å². The van der Waals surface area contributed by atoms with Crippen molar-refractivity contribution in [2.75, 3.05) is 0 Å². The molecule has 0 aromatic carbocycles. The standard InChI is InChI=1S/C11H12ClN3O5/c1-11(2,4-9(16)17)14-10(18)6-3-8(12)13-5-7(6)15(19)20/h3,5H,4H2,1-2H3,(H,14,18)(H,16,17). The molecule has 108 valence electrons. The zero-order chi connectivity index (χ0) is 15.5. The molecule has 0 saturated heterocycles. The molecule has 8 nitrogen and oxygen atoms in total. The number of carboxylic acid groups (broad SMARTS) is 1. The highest BCUT2D eigenvalue weighted by molar-refractivity contribution is 6.29. The highest BCUT2D eigenvalue weighted by Gasteiger charge is 2.28. The Morgan fingerprint density at radius 2 is 2.15 bits per heavy atom. The lowest BCUT2D eigenvalue weighted by molar-refractivity contribution is -0.385. The van der Waals surface area contributed by atoms with Crippen LogP contribution in [0.3, 0.4) is 0 Å². The van der Waals surface area contributed by atoms with Gasteiger partial charge in [-0.05, 0) is 19.9 Å². The number of aliphatic carboxylic acids is 1. The molecule has 0 atom stereocenters. The van der Waals surface area contributed by atoms with E-state index in [2.05, 4.69) is 10.3 Å². The topological polar surface area (TPSA) is 122 Å². The minimum atomic E-state index is -1.10. The van der Waals surface area contributed by atoms with Gasteiger partial charge in [-0.15, -0.1) is 0 Å². The fourth-order valence-electron chi connectivity index (χ4n) is 1.55. The van der Waals surface area contributed by atoms with E-state index in [0.717, 1.165) is 12.3 Å². The van der Waals surface area contributed by atoms with Gasteiger partial charge in [0.15, 0.2) is 0 Å². The van der Waals surface area contributed by atoms with Gasteiger partial charge < -0.3 is 10.4 Å². The van der Waals surface area contributed by atoms with Gasteiger partial charge in [-0.2, -0.15) is 0 Å². The van der Waals surface area contributed by atoms with Crippen molar-refractivity contribution in [3.05, 3.63) is 33.1 Å². The molecule has 1 aromatic heterocycles. The van der Waals surface area contributed by atoms with E-state index in [0.29, 0.717) is 0 Å². The number of nitrogens with one attached hydrogen (secondary N) is 1. The molecule has 0 spiro atoms. The van der Waals surface area contributed by atoms with Crippen LogP contribution >= 0.6 is 11.6 Å². The third kappa shape index (κ3) is 4.16. The molecule has 1 rings (SSSR count). The van der Waals surface area contributed by atoms with E-state index in [1.807, 2.05) is 0 Å². The van der Waals surface area contributed by atoms with E-state index < -0.39 is 28.0 Å². The van der Waals surface area contributed by atoms with Crippen molar-refractivity contribution in [3.63, 3.8) is 0 Å². The van der Waals surface area contributed by atoms with Crippen LogP contribution in [-0.4, -0.2) is 32.4 Å². The molecule has 20 heavy (non-hydrogen) atoms. The molecule has 0 unspecified atom stereocenters. The summed E-state index contributed by atoms with van der Waals surface area (Å²) in [6.45, 7) is 2.99. The predicted octanol–water partition coefficient (Wildman–Crippen LogP) is 1.63. The highest BCUT2D eigenvalue weighted by Crippen LogP contribution is 2.21. The Morgan fingerprint density at radius 1 is 1.55 bits per heavy atom. The zero-order valence-corrected chi connectivity index (χ0v) is 11.5. The Bertz CT molecular complexity index is 573. The van der Waals surface area contributed by atoms with Crippen LogP contribution in [-0.2, 0) is 4.79 Å². The van der Waals surface area contributed by atoms with Gasteiger partial charge in [-0.1, -0.05) is 11.6 Å². The normalized spacial score (nSPS) is 10.9. The average molecular weight is 302 g/mol. The number of carbonyl (C=O) groups excluding carboxylic acids is 1. The molecular weight excluding hydrogens is 290 g/mol. The number of hydrogen-bond donors (Lipinski definition) is 2. The van der Waals surface area contributed by atoms with Crippen molar-refractivity contribution in [3.8, 4) is 0 Å². The molecule has 0 aliphatic rings. The summed E-state index contributed by atoms with van der Waals surface area (Å²) in [6, 6.07) is 1.06. The minimum absolute atomic E-state index is 0.0724. The Hall–Kier alpha value is -2.22. The number of nitrogens with zero attached hydrogens (tertiary/aromatic N) is 2. The number of nitro groups is 1. The number of amides is 1. The van der Waals surface area contributed by atoms with Gasteiger partial charge >= 0.3 is 5.97 Å². The summed E-state index contributed by atoms with van der Waals surface area (Å²) in [5, 5.41) is 21.9. The molecule has 9 heteroatoms. The first-order valence-electron chi connectivity index (χ1n) is 5.46. The molecule has 1 amide bonds. The van der Waals surface area contributed by atoms with E-state index in [-0.39, 0.29) is 17.1 Å². The first-order chi connectivity index (χ1) is 9.12. The maximum Gasteiger partial charge on any atom is 0.305 e. The first kappa shape index (κ1) is 15.8. The molecule has 0 radical (unpaired) electrons. The van der Waals surface area contributed by atoms with Crippen LogP contribution in [0.4, 0.5) is 5.69 Å². The molecule has 0 aliphatic carbocycles. The third-order valence-corrected chi connectivity index (χ3v) is 2.54. The summed E-state index contributed by atoms with van der Waals surface area (Å²) in [6.07, 6.45) is 0.548. The van der Waals surface area contributed by atoms with Crippen LogP contribution in [0.2, 0.25) is 5.15 Å². The fraction of sp³-hybridized carbons (Fsp3) is 0.364. The van der Waals surface area contributed by atoms with Crippen molar-refractivity contribution >= 4 is 29.2 Å². The number of rotatable bonds is 5. The van der Waals surface area contributed by atoms with Gasteiger partial charge in [0.25, 0.3) is 11.6 Å². The van der Waals surface area contributed by atoms with Crippen molar-refractivity contribution in [1.29, 1.82) is 0 Å². The van der Waals surface area contributed by atoms with Crippen molar-refractivity contribution < 1.29 is 19.6 Å². The van der Waals surface area contributed by atoms with Crippen LogP contribution in [0.15, 0.2) is 12.3 Å².